The second-order valence-corrected chi connectivity index (χ2v) is 2.70. The van der Waals surface area contributed by atoms with E-state index < -0.39 is 0 Å². The Balaban J connectivity index is 0. The van der Waals surface area contributed by atoms with Gasteiger partial charge in [-0.2, -0.15) is 0 Å². The molecule has 0 aliphatic rings. The summed E-state index contributed by atoms with van der Waals surface area (Å²) in [7, 11) is 1.71. The summed E-state index contributed by atoms with van der Waals surface area (Å²) in [4.78, 5) is 0. The minimum atomic E-state index is 0.889. The van der Waals surface area contributed by atoms with Crippen LogP contribution in [-0.4, -0.2) is 13.7 Å². The zero-order valence-electron chi connectivity index (χ0n) is 8.65. The largest absolute Gasteiger partial charge is 0.385 e. The van der Waals surface area contributed by atoms with Crippen LogP contribution in [0.1, 0.15) is 52.9 Å². The fourth-order valence-corrected chi connectivity index (χ4v) is 0.704. The van der Waals surface area contributed by atoms with Crippen LogP contribution in [0.3, 0.4) is 0 Å². The molecule has 0 saturated heterocycles. The number of ether oxygens (including phenoxy) is 1. The molecule has 0 unspecified atom stereocenters. The molecular weight excluding hydrogens is 136 g/mol. The minimum Gasteiger partial charge on any atom is -0.385 e. The quantitative estimate of drug-likeness (QED) is 0.558. The third kappa shape index (κ3) is 25.7. The van der Waals surface area contributed by atoms with E-state index in [1.807, 2.05) is 0 Å². The molecule has 0 rings (SSSR count). The molecule has 0 aromatic carbocycles. The topological polar surface area (TPSA) is 9.23 Å². The number of hydrogen-bond donors (Lipinski definition) is 0. The van der Waals surface area contributed by atoms with Crippen LogP contribution in [0.5, 0.6) is 0 Å². The lowest BCUT2D eigenvalue weighted by atomic mass is 10.2. The molecule has 0 N–H and O–H groups in total. The van der Waals surface area contributed by atoms with Crippen molar-refractivity contribution in [3.05, 3.63) is 0 Å². The van der Waals surface area contributed by atoms with Crippen molar-refractivity contribution >= 4 is 0 Å². The van der Waals surface area contributed by atoms with Crippen LogP contribution in [0.15, 0.2) is 0 Å². The third-order valence-electron chi connectivity index (χ3n) is 1.37. The van der Waals surface area contributed by atoms with Crippen LogP contribution in [0.25, 0.3) is 0 Å². The van der Waals surface area contributed by atoms with Crippen LogP contribution in [0, 0.1) is 0 Å². The lowest BCUT2D eigenvalue weighted by Crippen LogP contribution is -1.80. The van der Waals surface area contributed by atoms with Gasteiger partial charge in [-0.1, -0.05) is 46.5 Å². The Morgan fingerprint density at radius 3 is 1.36 bits per heavy atom. The maximum atomic E-state index is 4.69. The van der Waals surface area contributed by atoms with Gasteiger partial charge >= 0.3 is 0 Å². The fourth-order valence-electron chi connectivity index (χ4n) is 0.704. The maximum Gasteiger partial charge on any atom is 0.0459 e. The maximum absolute atomic E-state index is 4.69. The molecular formula is C10H24O. The van der Waals surface area contributed by atoms with Crippen molar-refractivity contribution < 1.29 is 4.74 Å². The molecule has 1 heteroatoms. The van der Waals surface area contributed by atoms with E-state index in [4.69, 9.17) is 4.74 Å². The monoisotopic (exact) mass is 160 g/mol. The molecule has 0 spiro atoms. The van der Waals surface area contributed by atoms with Gasteiger partial charge in [0.1, 0.15) is 0 Å². The minimum absolute atomic E-state index is 0.889. The van der Waals surface area contributed by atoms with Crippen LogP contribution in [-0.2, 0) is 4.74 Å². The van der Waals surface area contributed by atoms with E-state index in [9.17, 15) is 0 Å². The van der Waals surface area contributed by atoms with E-state index in [0.29, 0.717) is 0 Å². The molecule has 0 bridgehead atoms. The second kappa shape index (κ2) is 16.5. The van der Waals surface area contributed by atoms with E-state index in [-0.39, 0.29) is 0 Å². The summed E-state index contributed by atoms with van der Waals surface area (Å²) in [5.41, 5.74) is 0. The molecule has 0 aliphatic carbocycles. The van der Waals surface area contributed by atoms with Crippen molar-refractivity contribution in [2.24, 2.45) is 0 Å². The van der Waals surface area contributed by atoms with Crippen molar-refractivity contribution in [2.75, 3.05) is 13.7 Å². The summed E-state index contributed by atoms with van der Waals surface area (Å²) in [5, 5.41) is 0. The molecule has 70 valence electrons. The van der Waals surface area contributed by atoms with Gasteiger partial charge in [-0.3, -0.25) is 0 Å². The van der Waals surface area contributed by atoms with Crippen LogP contribution in [0.2, 0.25) is 0 Å². The molecule has 0 aromatic rings. The van der Waals surface area contributed by atoms with E-state index in [1.54, 1.807) is 7.11 Å². The Bertz CT molecular complexity index is 38.1. The molecule has 11 heavy (non-hydrogen) atoms. The first-order valence-corrected chi connectivity index (χ1v) is 4.82. The van der Waals surface area contributed by atoms with Gasteiger partial charge in [0.05, 0.1) is 0 Å². The fraction of sp³-hybridized carbons (Fsp3) is 1.00. The zero-order chi connectivity index (χ0) is 8.95. The molecule has 0 aliphatic heterocycles. The smallest absolute Gasteiger partial charge is 0.0459 e. The predicted molar refractivity (Wildman–Crippen MR) is 52.0 cm³/mol. The molecule has 0 fully saturated rings. The van der Waals surface area contributed by atoms with E-state index in [1.165, 1.54) is 25.7 Å². The highest BCUT2D eigenvalue weighted by molar-refractivity contribution is 4.31. The number of unbranched alkanes of at least 4 members (excludes halogenated alkanes) is 3. The summed E-state index contributed by atoms with van der Waals surface area (Å²) in [5.74, 6) is 0. The molecule has 0 saturated carbocycles. The Labute approximate surface area is 72.1 Å². The predicted octanol–water partition coefficient (Wildman–Crippen LogP) is 3.63. The normalized spacial score (nSPS) is 8.73. The van der Waals surface area contributed by atoms with Gasteiger partial charge in [0.25, 0.3) is 0 Å². The van der Waals surface area contributed by atoms with Gasteiger partial charge in [-0.25, -0.2) is 0 Å². The summed E-state index contributed by atoms with van der Waals surface area (Å²) in [6.07, 6.45) is 6.66. The van der Waals surface area contributed by atoms with Crippen LogP contribution < -0.4 is 0 Å². The van der Waals surface area contributed by atoms with Crippen LogP contribution >= 0.6 is 0 Å². The van der Waals surface area contributed by atoms with Crippen molar-refractivity contribution in [1.82, 2.24) is 0 Å². The summed E-state index contributed by atoms with van der Waals surface area (Å²) in [6.45, 7) is 7.44. The Hall–Kier alpha value is -0.0400. The molecule has 0 heterocycles. The highest BCUT2D eigenvalue weighted by atomic mass is 16.5. The molecule has 1 nitrogen and oxygen atoms in total. The SMILES string of the molecule is CCCCCC.CCCOC. The number of rotatable bonds is 5. The third-order valence-corrected chi connectivity index (χ3v) is 1.37. The summed E-state index contributed by atoms with van der Waals surface area (Å²) in [6, 6.07) is 0. The molecule has 0 radical (unpaired) electrons. The van der Waals surface area contributed by atoms with Crippen molar-refractivity contribution in [3.8, 4) is 0 Å². The first kappa shape index (κ1) is 13.5. The highest BCUT2D eigenvalue weighted by Crippen LogP contribution is 1.95. The Morgan fingerprint density at radius 1 is 0.818 bits per heavy atom. The van der Waals surface area contributed by atoms with E-state index in [0.717, 1.165) is 13.0 Å². The number of hydrogen-bond acceptors (Lipinski definition) is 1. The molecule has 0 aromatic heterocycles. The highest BCUT2D eigenvalue weighted by Gasteiger charge is 1.75. The lowest BCUT2D eigenvalue weighted by Gasteiger charge is -1.86. The van der Waals surface area contributed by atoms with E-state index in [2.05, 4.69) is 20.8 Å². The number of methoxy groups -OCH3 is 1. The van der Waals surface area contributed by atoms with Crippen molar-refractivity contribution in [2.45, 2.75) is 52.9 Å². The van der Waals surface area contributed by atoms with E-state index >= 15 is 0 Å². The Kier molecular flexibility index (Phi) is 20.3. The van der Waals surface area contributed by atoms with Gasteiger partial charge in [-0.15, -0.1) is 0 Å². The molecule has 0 amide bonds. The Morgan fingerprint density at radius 2 is 1.27 bits per heavy atom. The van der Waals surface area contributed by atoms with Crippen molar-refractivity contribution in [3.63, 3.8) is 0 Å². The lowest BCUT2D eigenvalue weighted by molar-refractivity contribution is 0.199. The van der Waals surface area contributed by atoms with Crippen LogP contribution in [0.4, 0.5) is 0 Å². The van der Waals surface area contributed by atoms with Gasteiger partial charge in [0.15, 0.2) is 0 Å². The summed E-state index contributed by atoms with van der Waals surface area (Å²) < 4.78 is 4.69. The van der Waals surface area contributed by atoms with Gasteiger partial charge in [0.2, 0.25) is 0 Å². The average molecular weight is 160 g/mol. The zero-order valence-corrected chi connectivity index (χ0v) is 8.65. The average Bonchev–Trinajstić information content (AvgIpc) is 2.04. The second-order valence-electron chi connectivity index (χ2n) is 2.70. The first-order chi connectivity index (χ1) is 5.33. The van der Waals surface area contributed by atoms with Crippen molar-refractivity contribution in [1.29, 1.82) is 0 Å². The first-order valence-electron chi connectivity index (χ1n) is 4.82. The standard InChI is InChI=1S/C6H14.C4H10O/c1-3-5-6-4-2;1-3-4-5-2/h3-6H2,1-2H3;3-4H2,1-2H3. The van der Waals surface area contributed by atoms with Gasteiger partial charge in [0, 0.05) is 13.7 Å². The van der Waals surface area contributed by atoms with Gasteiger partial charge in [-0.05, 0) is 6.42 Å². The summed E-state index contributed by atoms with van der Waals surface area (Å²) >= 11 is 0. The van der Waals surface area contributed by atoms with Gasteiger partial charge < -0.3 is 4.74 Å². The molecule has 0 atom stereocenters.